The molecule has 0 radical (unpaired) electrons. The highest BCUT2D eigenvalue weighted by atomic mass is 16.5. The minimum Gasteiger partial charge on any atom is -0.497 e. The summed E-state index contributed by atoms with van der Waals surface area (Å²) in [5, 5.41) is 19.0. The van der Waals surface area contributed by atoms with E-state index in [9.17, 15) is 0 Å². The van der Waals surface area contributed by atoms with Gasteiger partial charge >= 0.3 is 0 Å². The Morgan fingerprint density at radius 2 is 1.52 bits per heavy atom. The summed E-state index contributed by atoms with van der Waals surface area (Å²) in [4.78, 5) is 0. The molecule has 3 aromatic rings. The van der Waals surface area contributed by atoms with Crippen LogP contribution in [0.4, 0.5) is 0 Å². The Labute approximate surface area is 184 Å². The van der Waals surface area contributed by atoms with E-state index in [0.29, 0.717) is 6.42 Å². The molecule has 0 aliphatic rings. The molecule has 0 spiro atoms. The molecule has 0 fully saturated rings. The van der Waals surface area contributed by atoms with Gasteiger partial charge in [-0.05, 0) is 73.4 Å². The van der Waals surface area contributed by atoms with Crippen LogP contribution >= 0.6 is 0 Å². The predicted octanol–water partition coefficient (Wildman–Crippen LogP) is 6.25. The standard InChI is InChI=1S/C26H29N3O2/c1-19-24-16-23(31-3)13-14-25(24)29(15-7-5-4-6-8-20(17-27)18-28)26(19)21-9-11-22(30-2)12-10-21/h9-14,16,20H,4-8,15H2,1-3H3. The summed E-state index contributed by atoms with van der Waals surface area (Å²) in [6.45, 7) is 3.08. The summed E-state index contributed by atoms with van der Waals surface area (Å²) in [6.07, 6.45) is 4.72. The summed E-state index contributed by atoms with van der Waals surface area (Å²) in [5.74, 6) is 1.23. The highest BCUT2D eigenvalue weighted by Gasteiger charge is 2.16. The van der Waals surface area contributed by atoms with Crippen LogP contribution < -0.4 is 9.47 Å². The van der Waals surface area contributed by atoms with Gasteiger partial charge in [-0.2, -0.15) is 10.5 Å². The number of nitriles is 2. The van der Waals surface area contributed by atoms with E-state index in [0.717, 1.165) is 43.7 Å². The van der Waals surface area contributed by atoms with Crippen LogP contribution in [0.15, 0.2) is 42.5 Å². The predicted molar refractivity (Wildman–Crippen MR) is 123 cm³/mol. The maximum absolute atomic E-state index is 8.90. The number of hydrogen-bond donors (Lipinski definition) is 0. The van der Waals surface area contributed by atoms with Crippen molar-refractivity contribution in [3.8, 4) is 34.9 Å². The molecule has 3 rings (SSSR count). The van der Waals surface area contributed by atoms with Crippen LogP contribution in [0.25, 0.3) is 22.2 Å². The van der Waals surface area contributed by atoms with Gasteiger partial charge in [0.2, 0.25) is 0 Å². The Bertz CT molecular complexity index is 1090. The first-order valence-corrected chi connectivity index (χ1v) is 10.7. The van der Waals surface area contributed by atoms with Gasteiger partial charge in [-0.3, -0.25) is 0 Å². The van der Waals surface area contributed by atoms with Crippen molar-refractivity contribution < 1.29 is 9.47 Å². The number of benzene rings is 2. The highest BCUT2D eigenvalue weighted by Crippen LogP contribution is 2.36. The van der Waals surface area contributed by atoms with E-state index in [4.69, 9.17) is 20.0 Å². The lowest BCUT2D eigenvalue weighted by molar-refractivity contribution is 0.415. The van der Waals surface area contributed by atoms with Crippen molar-refractivity contribution in [1.82, 2.24) is 4.57 Å². The fourth-order valence-corrected chi connectivity index (χ4v) is 4.11. The first-order valence-electron chi connectivity index (χ1n) is 10.7. The van der Waals surface area contributed by atoms with Gasteiger partial charge in [-0.15, -0.1) is 0 Å². The number of unbranched alkanes of at least 4 members (excludes halogenated alkanes) is 3. The molecule has 160 valence electrons. The van der Waals surface area contributed by atoms with E-state index in [1.165, 1.54) is 27.7 Å². The number of aryl methyl sites for hydroxylation is 2. The molecule has 0 aliphatic carbocycles. The van der Waals surface area contributed by atoms with Crippen LogP contribution in [0.1, 0.15) is 37.7 Å². The maximum Gasteiger partial charge on any atom is 0.133 e. The van der Waals surface area contributed by atoms with Crippen molar-refractivity contribution in [1.29, 1.82) is 10.5 Å². The zero-order valence-corrected chi connectivity index (χ0v) is 18.5. The minimum atomic E-state index is -0.479. The maximum atomic E-state index is 8.90. The molecule has 2 aromatic carbocycles. The molecular weight excluding hydrogens is 386 g/mol. The fourth-order valence-electron chi connectivity index (χ4n) is 4.11. The summed E-state index contributed by atoms with van der Waals surface area (Å²) in [5.41, 5.74) is 4.84. The van der Waals surface area contributed by atoms with Gasteiger partial charge in [-0.25, -0.2) is 0 Å². The molecule has 0 unspecified atom stereocenters. The average molecular weight is 416 g/mol. The van der Waals surface area contributed by atoms with Crippen LogP contribution in [0, 0.1) is 35.5 Å². The minimum absolute atomic E-state index is 0.479. The van der Waals surface area contributed by atoms with Gasteiger partial charge in [0, 0.05) is 17.4 Å². The number of ether oxygens (including phenoxy) is 2. The van der Waals surface area contributed by atoms with Crippen LogP contribution in [-0.4, -0.2) is 18.8 Å². The first-order chi connectivity index (χ1) is 15.1. The van der Waals surface area contributed by atoms with Crippen molar-refractivity contribution in [3.63, 3.8) is 0 Å². The Hall–Kier alpha value is -3.44. The van der Waals surface area contributed by atoms with Gasteiger partial charge in [0.05, 0.1) is 32.1 Å². The molecule has 0 saturated heterocycles. The Balaban J connectivity index is 1.83. The van der Waals surface area contributed by atoms with Crippen LogP contribution in [0.3, 0.4) is 0 Å². The van der Waals surface area contributed by atoms with Crippen LogP contribution in [0.2, 0.25) is 0 Å². The monoisotopic (exact) mass is 415 g/mol. The van der Waals surface area contributed by atoms with Gasteiger partial charge < -0.3 is 14.0 Å². The lowest BCUT2D eigenvalue weighted by Gasteiger charge is -2.13. The molecule has 0 atom stereocenters. The molecule has 31 heavy (non-hydrogen) atoms. The number of aromatic nitrogens is 1. The first kappa shape index (κ1) is 22.2. The molecule has 0 N–H and O–H groups in total. The summed E-state index contributed by atoms with van der Waals surface area (Å²) < 4.78 is 13.2. The Kier molecular flexibility index (Phi) is 7.57. The number of rotatable bonds is 10. The topological polar surface area (TPSA) is 71.0 Å². The average Bonchev–Trinajstić information content (AvgIpc) is 3.09. The molecule has 1 aromatic heterocycles. The zero-order valence-electron chi connectivity index (χ0n) is 18.5. The second kappa shape index (κ2) is 10.5. The molecule has 5 heteroatoms. The molecule has 0 aliphatic heterocycles. The molecule has 5 nitrogen and oxygen atoms in total. The van der Waals surface area contributed by atoms with Gasteiger partial charge in [-0.1, -0.05) is 19.3 Å². The van der Waals surface area contributed by atoms with E-state index >= 15 is 0 Å². The van der Waals surface area contributed by atoms with E-state index in [1.807, 2.05) is 18.2 Å². The van der Waals surface area contributed by atoms with E-state index in [-0.39, 0.29) is 0 Å². The van der Waals surface area contributed by atoms with E-state index in [2.05, 4.69) is 47.9 Å². The smallest absolute Gasteiger partial charge is 0.133 e. The largest absolute Gasteiger partial charge is 0.497 e. The number of methoxy groups -OCH3 is 2. The van der Waals surface area contributed by atoms with Gasteiger partial charge in [0.1, 0.15) is 17.4 Å². The SMILES string of the molecule is COc1ccc(-c2c(C)c3cc(OC)ccc3n2CCCCCCC(C#N)C#N)cc1. The Morgan fingerprint density at radius 3 is 2.16 bits per heavy atom. The second-order valence-electron chi connectivity index (χ2n) is 7.75. The summed E-state index contributed by atoms with van der Waals surface area (Å²) in [6, 6.07) is 18.6. The second-order valence-corrected chi connectivity index (χ2v) is 7.75. The van der Waals surface area contributed by atoms with Crippen molar-refractivity contribution in [2.24, 2.45) is 5.92 Å². The molecular formula is C26H29N3O2. The van der Waals surface area contributed by atoms with E-state index in [1.54, 1.807) is 14.2 Å². The van der Waals surface area contributed by atoms with Gasteiger partial charge in [0.25, 0.3) is 0 Å². The number of hydrogen-bond acceptors (Lipinski definition) is 4. The van der Waals surface area contributed by atoms with Crippen molar-refractivity contribution in [2.75, 3.05) is 14.2 Å². The van der Waals surface area contributed by atoms with Crippen molar-refractivity contribution in [3.05, 3.63) is 48.0 Å². The lowest BCUT2D eigenvalue weighted by Crippen LogP contribution is -2.01. The normalized spacial score (nSPS) is 10.8. The van der Waals surface area contributed by atoms with Gasteiger partial charge in [0.15, 0.2) is 0 Å². The zero-order chi connectivity index (χ0) is 22.2. The highest BCUT2D eigenvalue weighted by molar-refractivity contribution is 5.92. The number of nitrogens with zero attached hydrogens (tertiary/aromatic N) is 3. The summed E-state index contributed by atoms with van der Waals surface area (Å²) >= 11 is 0. The molecule has 0 bridgehead atoms. The number of fused-ring (bicyclic) bond motifs is 1. The third kappa shape index (κ3) is 5.01. The van der Waals surface area contributed by atoms with Crippen molar-refractivity contribution >= 4 is 10.9 Å². The van der Waals surface area contributed by atoms with Crippen molar-refractivity contribution in [2.45, 2.75) is 45.6 Å². The molecule has 1 heterocycles. The Morgan fingerprint density at radius 1 is 0.871 bits per heavy atom. The quantitative estimate of drug-likeness (QED) is 0.367. The lowest BCUT2D eigenvalue weighted by atomic mass is 10.0. The third-order valence-corrected chi connectivity index (χ3v) is 5.82. The van der Waals surface area contributed by atoms with Crippen LogP contribution in [0.5, 0.6) is 11.5 Å². The fraction of sp³-hybridized carbons (Fsp3) is 0.385. The third-order valence-electron chi connectivity index (χ3n) is 5.82. The molecule has 0 saturated carbocycles. The van der Waals surface area contributed by atoms with Crippen LogP contribution in [-0.2, 0) is 6.54 Å². The molecule has 0 amide bonds. The van der Waals surface area contributed by atoms with E-state index < -0.39 is 5.92 Å². The summed E-state index contributed by atoms with van der Waals surface area (Å²) in [7, 11) is 3.38.